The van der Waals surface area contributed by atoms with Crippen LogP contribution in [0.1, 0.15) is 41.9 Å². The fourth-order valence-electron chi connectivity index (χ4n) is 2.91. The number of nitrogens with zero attached hydrogens (tertiary/aromatic N) is 1. The summed E-state index contributed by atoms with van der Waals surface area (Å²) in [6.45, 7) is 7.74. The molecule has 1 aromatic heterocycles. The van der Waals surface area contributed by atoms with E-state index in [-0.39, 0.29) is 30.3 Å². The number of ether oxygens (including phenoxy) is 2. The van der Waals surface area contributed by atoms with E-state index in [9.17, 15) is 14.4 Å². The summed E-state index contributed by atoms with van der Waals surface area (Å²) in [5.41, 5.74) is 0.791. The maximum Gasteiger partial charge on any atom is 0.348 e. The molecule has 2 heterocycles. The highest BCUT2D eigenvalue weighted by molar-refractivity contribution is 7.18. The Kier molecular flexibility index (Phi) is 7.59. The zero-order chi connectivity index (χ0) is 19.1. The molecule has 1 saturated heterocycles. The number of likely N-dealkylation sites (tertiary alicyclic amines) is 1. The van der Waals surface area contributed by atoms with Gasteiger partial charge in [0.1, 0.15) is 4.88 Å². The number of piperidine rings is 1. The van der Waals surface area contributed by atoms with E-state index >= 15 is 0 Å². The van der Waals surface area contributed by atoms with Gasteiger partial charge in [0.2, 0.25) is 5.91 Å². The molecule has 1 aliphatic heterocycles. The fourth-order valence-corrected chi connectivity index (χ4v) is 3.89. The van der Waals surface area contributed by atoms with Crippen molar-refractivity contribution < 1.29 is 23.9 Å². The van der Waals surface area contributed by atoms with Gasteiger partial charge in [-0.2, -0.15) is 0 Å². The van der Waals surface area contributed by atoms with E-state index in [2.05, 4.69) is 5.32 Å². The van der Waals surface area contributed by atoms with Crippen molar-refractivity contribution >= 4 is 34.2 Å². The predicted molar refractivity (Wildman–Crippen MR) is 99.4 cm³/mol. The summed E-state index contributed by atoms with van der Waals surface area (Å²) in [6.07, 6.45) is 1.41. The van der Waals surface area contributed by atoms with E-state index in [4.69, 9.17) is 9.47 Å². The first-order valence-electron chi connectivity index (χ1n) is 8.91. The van der Waals surface area contributed by atoms with Gasteiger partial charge in [0.25, 0.3) is 0 Å². The second-order valence-electron chi connectivity index (χ2n) is 6.19. The van der Waals surface area contributed by atoms with Crippen LogP contribution in [0.25, 0.3) is 0 Å². The van der Waals surface area contributed by atoms with Crippen LogP contribution in [-0.4, -0.2) is 55.6 Å². The third-order valence-corrected chi connectivity index (χ3v) is 5.35. The molecule has 0 atom stereocenters. The molecule has 144 valence electrons. The second-order valence-corrected chi connectivity index (χ2v) is 7.25. The quantitative estimate of drug-likeness (QED) is 0.729. The first-order chi connectivity index (χ1) is 12.4. The van der Waals surface area contributed by atoms with Gasteiger partial charge < -0.3 is 14.8 Å². The number of hydrogen-bond donors (Lipinski definition) is 1. The molecule has 1 aliphatic rings. The third kappa shape index (κ3) is 5.54. The van der Waals surface area contributed by atoms with Gasteiger partial charge in [-0.1, -0.05) is 0 Å². The van der Waals surface area contributed by atoms with Gasteiger partial charge in [-0.15, -0.1) is 11.3 Å². The number of nitrogens with one attached hydrogen (secondary N) is 1. The zero-order valence-electron chi connectivity index (χ0n) is 15.5. The molecule has 0 saturated carbocycles. The standard InChI is InChI=1S/C18H26N2O5S/c1-4-24-17(22)13-6-8-20(9-7-13)11-14(21)19-15-10-12(3)16(26-15)18(23)25-5-2/h10,13H,4-9,11H2,1-3H3,(H,19,21). The van der Waals surface area contributed by atoms with Crippen molar-refractivity contribution in [2.24, 2.45) is 5.92 Å². The fraction of sp³-hybridized carbons (Fsp3) is 0.611. The lowest BCUT2D eigenvalue weighted by Crippen LogP contribution is -2.41. The molecule has 26 heavy (non-hydrogen) atoms. The molecule has 1 aromatic rings. The van der Waals surface area contributed by atoms with Crippen molar-refractivity contribution in [2.75, 3.05) is 38.2 Å². The smallest absolute Gasteiger partial charge is 0.348 e. The van der Waals surface area contributed by atoms with Crippen molar-refractivity contribution in [3.63, 3.8) is 0 Å². The minimum atomic E-state index is -0.364. The Morgan fingerprint density at radius 1 is 1.19 bits per heavy atom. The van der Waals surface area contributed by atoms with Crippen LogP contribution >= 0.6 is 11.3 Å². The highest BCUT2D eigenvalue weighted by Gasteiger charge is 2.27. The van der Waals surface area contributed by atoms with E-state index in [0.29, 0.717) is 49.0 Å². The Morgan fingerprint density at radius 3 is 2.46 bits per heavy atom. The third-order valence-electron chi connectivity index (χ3n) is 4.22. The molecule has 7 nitrogen and oxygen atoms in total. The van der Waals surface area contributed by atoms with Crippen LogP contribution in [0, 0.1) is 12.8 Å². The number of esters is 2. The first-order valence-corrected chi connectivity index (χ1v) is 9.72. The Morgan fingerprint density at radius 2 is 1.85 bits per heavy atom. The van der Waals surface area contributed by atoms with E-state index in [1.165, 1.54) is 11.3 Å². The minimum absolute atomic E-state index is 0.0682. The number of thiophene rings is 1. The SMILES string of the molecule is CCOC(=O)c1sc(NC(=O)CN2CCC(C(=O)OCC)CC2)cc1C. The Balaban J connectivity index is 1.82. The Labute approximate surface area is 157 Å². The number of aryl methyl sites for hydroxylation is 1. The van der Waals surface area contributed by atoms with E-state index < -0.39 is 0 Å². The van der Waals surface area contributed by atoms with E-state index in [1.54, 1.807) is 19.9 Å². The molecular weight excluding hydrogens is 356 g/mol. The number of rotatable bonds is 7. The zero-order valence-corrected chi connectivity index (χ0v) is 16.3. The molecule has 0 bridgehead atoms. The van der Waals surface area contributed by atoms with Gasteiger partial charge >= 0.3 is 11.9 Å². The molecule has 1 N–H and O–H groups in total. The molecule has 0 spiro atoms. The maximum atomic E-state index is 12.3. The maximum absolute atomic E-state index is 12.3. The second kappa shape index (κ2) is 9.68. The Bertz CT molecular complexity index is 650. The molecule has 0 unspecified atom stereocenters. The van der Waals surface area contributed by atoms with Gasteiger partial charge in [0, 0.05) is 0 Å². The normalized spacial score (nSPS) is 15.5. The van der Waals surface area contributed by atoms with Crippen molar-refractivity contribution in [1.29, 1.82) is 0 Å². The van der Waals surface area contributed by atoms with Crippen molar-refractivity contribution in [3.05, 3.63) is 16.5 Å². The van der Waals surface area contributed by atoms with Crippen LogP contribution < -0.4 is 5.32 Å². The van der Waals surface area contributed by atoms with Crippen LogP contribution in [0.4, 0.5) is 5.00 Å². The summed E-state index contributed by atoms with van der Waals surface area (Å²) in [5, 5.41) is 3.48. The van der Waals surface area contributed by atoms with Crippen LogP contribution in [0.3, 0.4) is 0 Å². The largest absolute Gasteiger partial charge is 0.466 e. The molecular formula is C18H26N2O5S. The van der Waals surface area contributed by atoms with Crippen molar-refractivity contribution in [1.82, 2.24) is 4.90 Å². The monoisotopic (exact) mass is 382 g/mol. The number of amides is 1. The highest BCUT2D eigenvalue weighted by Crippen LogP contribution is 2.27. The summed E-state index contributed by atoms with van der Waals surface area (Å²) in [6, 6.07) is 1.78. The van der Waals surface area contributed by atoms with E-state index in [1.807, 2.05) is 11.8 Å². The lowest BCUT2D eigenvalue weighted by molar-refractivity contribution is -0.149. The van der Waals surface area contributed by atoms with Gasteiger partial charge in [-0.25, -0.2) is 4.79 Å². The molecule has 0 aliphatic carbocycles. The van der Waals surface area contributed by atoms with Crippen LogP contribution in [0.2, 0.25) is 0 Å². The van der Waals surface area contributed by atoms with Crippen molar-refractivity contribution in [2.45, 2.75) is 33.6 Å². The summed E-state index contributed by atoms with van der Waals surface area (Å²) < 4.78 is 10.1. The van der Waals surface area contributed by atoms with Crippen LogP contribution in [-0.2, 0) is 19.1 Å². The number of hydrogen-bond acceptors (Lipinski definition) is 7. The summed E-state index contributed by atoms with van der Waals surface area (Å²) >= 11 is 1.22. The first kappa shape index (κ1) is 20.4. The van der Waals surface area contributed by atoms with E-state index in [0.717, 1.165) is 5.56 Å². The van der Waals surface area contributed by atoms with Crippen LogP contribution in [0.5, 0.6) is 0 Å². The summed E-state index contributed by atoms with van der Waals surface area (Å²) in [4.78, 5) is 38.4. The summed E-state index contributed by atoms with van der Waals surface area (Å²) in [5.74, 6) is -0.703. The molecule has 8 heteroatoms. The van der Waals surface area contributed by atoms with Gasteiger partial charge in [0.15, 0.2) is 0 Å². The van der Waals surface area contributed by atoms with Gasteiger partial charge in [-0.05, 0) is 58.3 Å². The number of carbonyl (C=O) groups excluding carboxylic acids is 3. The number of carbonyl (C=O) groups is 3. The molecule has 1 fully saturated rings. The topological polar surface area (TPSA) is 84.9 Å². The molecule has 1 amide bonds. The molecule has 0 radical (unpaired) electrons. The average molecular weight is 382 g/mol. The van der Waals surface area contributed by atoms with Crippen LogP contribution in [0.15, 0.2) is 6.07 Å². The minimum Gasteiger partial charge on any atom is -0.466 e. The molecule has 0 aromatic carbocycles. The lowest BCUT2D eigenvalue weighted by atomic mass is 9.97. The molecule has 2 rings (SSSR count). The van der Waals surface area contributed by atoms with Crippen molar-refractivity contribution in [3.8, 4) is 0 Å². The Hall–Kier alpha value is -1.93. The average Bonchev–Trinajstić information content (AvgIpc) is 2.96. The summed E-state index contributed by atoms with van der Waals surface area (Å²) in [7, 11) is 0. The van der Waals surface area contributed by atoms with Gasteiger partial charge in [0.05, 0.1) is 30.7 Å². The lowest BCUT2D eigenvalue weighted by Gasteiger charge is -2.30. The highest BCUT2D eigenvalue weighted by atomic mass is 32.1. The van der Waals surface area contributed by atoms with Gasteiger partial charge in [-0.3, -0.25) is 14.5 Å². The predicted octanol–water partition coefficient (Wildman–Crippen LogP) is 2.45. The number of anilines is 1.